The van der Waals surface area contributed by atoms with Crippen molar-refractivity contribution in [2.45, 2.75) is 212 Å². The number of hydrogen-bond acceptors (Lipinski definition) is 6. The number of carbonyl (C=O) groups excluding carboxylic acids is 2. The maximum atomic E-state index is 12.8. The van der Waals surface area contributed by atoms with Gasteiger partial charge in [0.25, 0.3) is 0 Å². The van der Waals surface area contributed by atoms with Crippen LogP contribution in [0.5, 0.6) is 0 Å². The van der Waals surface area contributed by atoms with Crippen LogP contribution in [0.3, 0.4) is 0 Å². The van der Waals surface area contributed by atoms with Crippen molar-refractivity contribution in [1.29, 1.82) is 0 Å². The molecule has 0 bridgehead atoms. The van der Waals surface area contributed by atoms with E-state index in [-0.39, 0.29) is 36.2 Å². The number of esters is 2. The van der Waals surface area contributed by atoms with E-state index in [2.05, 4.69) is 50.3 Å². The summed E-state index contributed by atoms with van der Waals surface area (Å²) in [4.78, 5) is 37.1. The van der Waals surface area contributed by atoms with Crippen LogP contribution in [0.1, 0.15) is 200 Å². The first-order valence-electron chi connectivity index (χ1n) is 25.0. The van der Waals surface area contributed by atoms with Crippen molar-refractivity contribution in [3.05, 3.63) is 72.9 Å². The smallest absolute Gasteiger partial charge is 0.362 e. The largest absolute Gasteiger partial charge is 0.477 e. The molecule has 0 spiro atoms. The first-order chi connectivity index (χ1) is 30.1. The maximum Gasteiger partial charge on any atom is 0.362 e. The average Bonchev–Trinajstić information content (AvgIpc) is 3.23. The van der Waals surface area contributed by atoms with Crippen molar-refractivity contribution in [2.75, 3.05) is 41.0 Å². The lowest BCUT2D eigenvalue weighted by molar-refractivity contribution is -0.887. The van der Waals surface area contributed by atoms with Crippen molar-refractivity contribution in [3.8, 4) is 0 Å². The monoisotopic (exact) mass is 869 g/mol. The Morgan fingerprint density at radius 2 is 0.903 bits per heavy atom. The Bertz CT molecular complexity index is 1240. The van der Waals surface area contributed by atoms with E-state index in [1.807, 2.05) is 57.6 Å². The number of carboxylic acid groups (broad SMARTS) is 1. The average molecular weight is 869 g/mol. The SMILES string of the molecule is CCC/C=C/C=C/C=C/C=C/C=C/CCCCCCCC(=O)OCC(COCCC(C(=O)O)[N+](C)(C)C)OC(=O)CCCCCCCCC/C=C/CCCCCCCCCCC. The van der Waals surface area contributed by atoms with Gasteiger partial charge in [-0.15, -0.1) is 0 Å². The predicted octanol–water partition coefficient (Wildman–Crippen LogP) is 14.3. The Hall–Kier alpha value is -3.23. The molecule has 0 heterocycles. The summed E-state index contributed by atoms with van der Waals surface area (Å²) >= 11 is 0. The lowest BCUT2D eigenvalue weighted by Crippen LogP contribution is -2.50. The van der Waals surface area contributed by atoms with E-state index in [0.29, 0.717) is 19.3 Å². The van der Waals surface area contributed by atoms with Gasteiger partial charge in [0.05, 0.1) is 34.4 Å². The summed E-state index contributed by atoms with van der Waals surface area (Å²) in [5, 5.41) is 9.65. The number of allylic oxidation sites excluding steroid dienone is 12. The van der Waals surface area contributed by atoms with Gasteiger partial charge in [-0.05, 0) is 57.8 Å². The fourth-order valence-electron chi connectivity index (χ4n) is 7.06. The molecule has 0 aliphatic heterocycles. The summed E-state index contributed by atoms with van der Waals surface area (Å²) < 4.78 is 17.3. The summed E-state index contributed by atoms with van der Waals surface area (Å²) in [6.07, 6.45) is 56.6. The molecule has 0 rings (SSSR count). The standard InChI is InChI=1S/C54H93NO7/c1-6-8-10-12-14-16-18-20-22-24-26-27-29-31-33-35-37-39-41-43-45-53(57)62-50(48-60-47-46-51(54(58)59)55(3,4)5)49-61-52(56)44-42-40-38-36-34-32-30-28-25-23-21-19-17-15-13-11-9-7-2/h11,13,15,17,19,21,23,25-28,30,50-51H,6-10,12,14,16,18,20,22,24,29,31-49H2,1-5H3/p+1/b13-11+,17-15+,21-19+,25-23+,27-26+,30-28+. The second-order valence-corrected chi connectivity index (χ2v) is 17.8. The van der Waals surface area contributed by atoms with Crippen molar-refractivity contribution in [1.82, 2.24) is 0 Å². The fourth-order valence-corrected chi connectivity index (χ4v) is 7.06. The summed E-state index contributed by atoms with van der Waals surface area (Å²) in [6, 6.07) is -0.623. The van der Waals surface area contributed by atoms with Gasteiger partial charge in [0.15, 0.2) is 12.1 Å². The van der Waals surface area contributed by atoms with Gasteiger partial charge in [0.2, 0.25) is 0 Å². The van der Waals surface area contributed by atoms with E-state index in [4.69, 9.17) is 14.2 Å². The molecule has 0 aliphatic rings. The maximum absolute atomic E-state index is 12.8. The molecule has 62 heavy (non-hydrogen) atoms. The molecule has 8 heteroatoms. The van der Waals surface area contributed by atoms with Crippen molar-refractivity contribution in [3.63, 3.8) is 0 Å². The lowest BCUT2D eigenvalue weighted by atomic mass is 10.1. The van der Waals surface area contributed by atoms with E-state index in [1.165, 1.54) is 103 Å². The van der Waals surface area contributed by atoms with Gasteiger partial charge in [0, 0.05) is 19.3 Å². The molecule has 0 aromatic rings. The van der Waals surface area contributed by atoms with Crippen LogP contribution in [0, 0.1) is 0 Å². The van der Waals surface area contributed by atoms with Gasteiger partial charge in [-0.3, -0.25) is 9.59 Å². The minimum Gasteiger partial charge on any atom is -0.477 e. The summed E-state index contributed by atoms with van der Waals surface area (Å²) in [5.41, 5.74) is 0. The zero-order valence-corrected chi connectivity index (χ0v) is 40.6. The number of quaternary nitrogens is 1. The van der Waals surface area contributed by atoms with Gasteiger partial charge in [0.1, 0.15) is 6.61 Å². The molecule has 0 saturated heterocycles. The highest BCUT2D eigenvalue weighted by molar-refractivity contribution is 5.72. The molecule has 0 fully saturated rings. The van der Waals surface area contributed by atoms with Crippen molar-refractivity contribution >= 4 is 17.9 Å². The van der Waals surface area contributed by atoms with E-state index in [0.717, 1.165) is 64.2 Å². The topological polar surface area (TPSA) is 99.1 Å². The third kappa shape index (κ3) is 42.1. The molecule has 0 aliphatic carbocycles. The molecule has 2 unspecified atom stereocenters. The van der Waals surface area contributed by atoms with Gasteiger partial charge in [-0.2, -0.15) is 0 Å². The number of aliphatic carboxylic acids is 1. The molecule has 0 aromatic heterocycles. The van der Waals surface area contributed by atoms with E-state index in [9.17, 15) is 19.5 Å². The zero-order valence-electron chi connectivity index (χ0n) is 40.6. The van der Waals surface area contributed by atoms with Crippen LogP contribution in [0.2, 0.25) is 0 Å². The molecule has 0 aromatic carbocycles. The van der Waals surface area contributed by atoms with Crippen molar-refractivity contribution < 1.29 is 38.2 Å². The summed E-state index contributed by atoms with van der Waals surface area (Å²) in [7, 11) is 5.52. The number of ether oxygens (including phenoxy) is 3. The second kappa shape index (κ2) is 44.4. The molecule has 0 saturated carbocycles. The minimum absolute atomic E-state index is 0.0479. The van der Waals surface area contributed by atoms with Gasteiger partial charge in [-0.25, -0.2) is 4.79 Å². The van der Waals surface area contributed by atoms with Crippen LogP contribution >= 0.6 is 0 Å². The number of rotatable bonds is 44. The molecular formula is C54H94NO7+. The molecule has 1 N–H and O–H groups in total. The highest BCUT2D eigenvalue weighted by atomic mass is 16.6. The van der Waals surface area contributed by atoms with Crippen LogP contribution in [0.25, 0.3) is 0 Å². The number of nitrogens with zero attached hydrogens (tertiary/aromatic N) is 1. The van der Waals surface area contributed by atoms with Crippen LogP contribution < -0.4 is 0 Å². The molecule has 8 nitrogen and oxygen atoms in total. The quantitative estimate of drug-likeness (QED) is 0.0214. The van der Waals surface area contributed by atoms with Crippen LogP contribution in [-0.2, 0) is 28.6 Å². The van der Waals surface area contributed by atoms with Crippen molar-refractivity contribution in [2.24, 2.45) is 0 Å². The Labute approximate surface area is 381 Å². The first kappa shape index (κ1) is 58.8. The van der Waals surface area contributed by atoms with Crippen LogP contribution in [0.4, 0.5) is 0 Å². The third-order valence-corrected chi connectivity index (χ3v) is 10.9. The number of unbranched alkanes of at least 4 members (excludes halogenated alkanes) is 22. The fraction of sp³-hybridized carbons (Fsp3) is 0.722. The van der Waals surface area contributed by atoms with Gasteiger partial charge in [-0.1, -0.05) is 196 Å². The number of carboxylic acids is 1. The molecule has 0 radical (unpaired) electrons. The molecular weight excluding hydrogens is 775 g/mol. The van der Waals surface area contributed by atoms with Crippen LogP contribution in [-0.4, -0.2) is 80.6 Å². The number of hydrogen-bond donors (Lipinski definition) is 1. The number of carbonyl (C=O) groups is 3. The molecule has 2 atom stereocenters. The second-order valence-electron chi connectivity index (χ2n) is 17.8. The van der Waals surface area contributed by atoms with E-state index in [1.54, 1.807) is 0 Å². The van der Waals surface area contributed by atoms with Gasteiger partial charge >= 0.3 is 17.9 Å². The minimum atomic E-state index is -0.881. The lowest BCUT2D eigenvalue weighted by Gasteiger charge is -2.31. The zero-order chi connectivity index (χ0) is 45.6. The molecule has 356 valence electrons. The van der Waals surface area contributed by atoms with E-state index < -0.39 is 18.1 Å². The van der Waals surface area contributed by atoms with Gasteiger partial charge < -0.3 is 23.8 Å². The Kier molecular flexibility index (Phi) is 42.1. The Morgan fingerprint density at radius 1 is 0.484 bits per heavy atom. The highest BCUT2D eigenvalue weighted by Gasteiger charge is 2.31. The summed E-state index contributed by atoms with van der Waals surface area (Å²) in [6.45, 7) is 4.62. The van der Waals surface area contributed by atoms with E-state index >= 15 is 0 Å². The number of likely N-dealkylation sites (N-methyl/N-ethyl adjacent to an activating group) is 1. The highest BCUT2D eigenvalue weighted by Crippen LogP contribution is 2.15. The van der Waals surface area contributed by atoms with Crippen LogP contribution in [0.15, 0.2) is 72.9 Å². The molecule has 0 amide bonds. The Morgan fingerprint density at radius 3 is 1.37 bits per heavy atom. The first-order valence-corrected chi connectivity index (χ1v) is 25.0. The third-order valence-electron chi connectivity index (χ3n) is 10.9. The summed E-state index contributed by atoms with van der Waals surface area (Å²) in [5.74, 6) is -1.51. The predicted molar refractivity (Wildman–Crippen MR) is 261 cm³/mol. The normalized spacial score (nSPS) is 13.5. The Balaban J connectivity index is 4.33.